The molecular formula is C31H33F3N2O4. The number of carbonyl (C=O) groups excluding carboxylic acids is 2. The van der Waals surface area contributed by atoms with Crippen molar-refractivity contribution >= 4 is 11.9 Å². The van der Waals surface area contributed by atoms with Crippen molar-refractivity contribution in [2.45, 2.75) is 31.3 Å². The first-order valence-corrected chi connectivity index (χ1v) is 13.2. The number of halogens is 3. The Kier molecular flexibility index (Phi) is 9.14. The zero-order valence-corrected chi connectivity index (χ0v) is 22.6. The van der Waals surface area contributed by atoms with Crippen molar-refractivity contribution in [1.82, 2.24) is 9.80 Å². The van der Waals surface area contributed by atoms with Crippen molar-refractivity contribution in [3.05, 3.63) is 101 Å². The average molecular weight is 555 g/mol. The SMILES string of the molecule is CN(C)CC1CN(C(=O)Cc2cc(F)c(F)cc2F)CCC1(OC(=O)CCc1ccccc1)c1cccc(O)c1. The molecule has 1 saturated heterocycles. The van der Waals surface area contributed by atoms with Gasteiger partial charge >= 0.3 is 5.97 Å². The molecule has 9 heteroatoms. The van der Waals surface area contributed by atoms with Crippen LogP contribution in [0.4, 0.5) is 13.2 Å². The highest BCUT2D eigenvalue weighted by atomic mass is 19.2. The van der Waals surface area contributed by atoms with Gasteiger partial charge in [-0.3, -0.25) is 9.59 Å². The number of aromatic hydroxyl groups is 1. The van der Waals surface area contributed by atoms with Crippen LogP contribution in [0.2, 0.25) is 0 Å². The van der Waals surface area contributed by atoms with Crippen LogP contribution in [-0.4, -0.2) is 60.5 Å². The number of likely N-dealkylation sites (tertiary alicyclic amines) is 1. The number of hydrogen-bond donors (Lipinski definition) is 1. The molecule has 6 nitrogen and oxygen atoms in total. The molecule has 1 aliphatic rings. The zero-order chi connectivity index (χ0) is 28.9. The predicted molar refractivity (Wildman–Crippen MR) is 144 cm³/mol. The molecule has 1 amide bonds. The number of aryl methyl sites for hydroxylation is 1. The lowest BCUT2D eigenvalue weighted by Crippen LogP contribution is -2.56. The number of rotatable bonds is 9. The van der Waals surface area contributed by atoms with Crippen LogP contribution >= 0.6 is 0 Å². The Hall–Kier alpha value is -3.85. The Morgan fingerprint density at radius 3 is 2.42 bits per heavy atom. The minimum absolute atomic E-state index is 0.0214. The molecule has 1 aliphatic heterocycles. The van der Waals surface area contributed by atoms with Crippen molar-refractivity contribution in [3.8, 4) is 5.75 Å². The van der Waals surface area contributed by atoms with E-state index in [1.165, 1.54) is 11.0 Å². The van der Waals surface area contributed by atoms with Crippen molar-refractivity contribution in [3.63, 3.8) is 0 Å². The lowest BCUT2D eigenvalue weighted by Gasteiger charge is -2.48. The van der Waals surface area contributed by atoms with E-state index in [4.69, 9.17) is 4.74 Å². The van der Waals surface area contributed by atoms with E-state index >= 15 is 0 Å². The summed E-state index contributed by atoms with van der Waals surface area (Å²) in [5.74, 6) is -4.77. The van der Waals surface area contributed by atoms with Gasteiger partial charge in [-0.25, -0.2) is 13.2 Å². The predicted octanol–water partition coefficient (Wildman–Crippen LogP) is 4.83. The summed E-state index contributed by atoms with van der Waals surface area (Å²) in [5, 5.41) is 10.3. The second-order valence-corrected chi connectivity index (χ2v) is 10.5. The van der Waals surface area contributed by atoms with Crippen LogP contribution in [-0.2, 0) is 32.8 Å². The van der Waals surface area contributed by atoms with Crippen LogP contribution in [0.25, 0.3) is 0 Å². The number of nitrogens with zero attached hydrogens (tertiary/aromatic N) is 2. The van der Waals surface area contributed by atoms with Crippen molar-refractivity contribution < 1.29 is 32.6 Å². The number of carbonyl (C=O) groups is 2. The lowest BCUT2D eigenvalue weighted by atomic mass is 9.75. The van der Waals surface area contributed by atoms with E-state index in [1.54, 1.807) is 18.2 Å². The molecule has 0 spiro atoms. The first-order valence-electron chi connectivity index (χ1n) is 13.2. The van der Waals surface area contributed by atoms with Gasteiger partial charge in [0, 0.05) is 50.0 Å². The first kappa shape index (κ1) is 29.1. The third-order valence-electron chi connectivity index (χ3n) is 7.31. The van der Waals surface area contributed by atoms with Gasteiger partial charge in [-0.05, 0) is 49.8 Å². The van der Waals surface area contributed by atoms with E-state index in [-0.39, 0.29) is 37.2 Å². The van der Waals surface area contributed by atoms with E-state index in [0.717, 1.165) is 5.56 Å². The van der Waals surface area contributed by atoms with Crippen LogP contribution in [0, 0.1) is 23.4 Å². The van der Waals surface area contributed by atoms with E-state index in [2.05, 4.69) is 0 Å². The summed E-state index contributed by atoms with van der Waals surface area (Å²) in [6.07, 6.45) is 0.446. The minimum atomic E-state index is -1.32. The number of piperidine rings is 1. The summed E-state index contributed by atoms with van der Waals surface area (Å²) >= 11 is 0. The number of benzene rings is 3. The molecular weight excluding hydrogens is 521 g/mol. The molecule has 3 aromatic carbocycles. The summed E-state index contributed by atoms with van der Waals surface area (Å²) < 4.78 is 47.7. The van der Waals surface area contributed by atoms with Crippen LogP contribution < -0.4 is 0 Å². The molecule has 2 atom stereocenters. The molecule has 1 heterocycles. The topological polar surface area (TPSA) is 70.1 Å². The standard InChI is InChI=1S/C31H33F3N2O4/c1-35(2)19-24-20-36(29(38)16-22-15-27(33)28(34)18-26(22)32)14-13-31(24,23-9-6-10-25(37)17-23)40-30(39)12-11-21-7-4-3-5-8-21/h3-10,15,17-18,24,37H,11-14,16,19-20H2,1-2H3. The summed E-state index contributed by atoms with van der Waals surface area (Å²) in [6.45, 7) is 0.782. The van der Waals surface area contributed by atoms with Gasteiger partial charge in [0.05, 0.1) is 6.42 Å². The molecule has 0 bridgehead atoms. The largest absolute Gasteiger partial charge is 0.508 e. The first-order chi connectivity index (χ1) is 19.1. The molecule has 0 aliphatic carbocycles. The average Bonchev–Trinajstić information content (AvgIpc) is 2.91. The van der Waals surface area contributed by atoms with E-state index in [0.29, 0.717) is 30.7 Å². The van der Waals surface area contributed by atoms with Gasteiger partial charge in [-0.2, -0.15) is 0 Å². The van der Waals surface area contributed by atoms with Gasteiger partial charge in [0.1, 0.15) is 17.2 Å². The highest BCUT2D eigenvalue weighted by Gasteiger charge is 2.48. The fraction of sp³-hybridized carbons (Fsp3) is 0.355. The molecule has 2 unspecified atom stereocenters. The van der Waals surface area contributed by atoms with Crippen molar-refractivity contribution in [2.24, 2.45) is 5.92 Å². The van der Waals surface area contributed by atoms with Gasteiger partial charge in [0.2, 0.25) is 5.91 Å². The number of amides is 1. The molecule has 212 valence electrons. The van der Waals surface area contributed by atoms with Gasteiger partial charge in [0.25, 0.3) is 0 Å². The third-order valence-corrected chi connectivity index (χ3v) is 7.31. The normalized spacial score (nSPS) is 19.1. The van der Waals surface area contributed by atoms with E-state index in [1.807, 2.05) is 49.3 Å². The molecule has 0 saturated carbocycles. The maximum Gasteiger partial charge on any atom is 0.307 e. The number of esters is 1. The second kappa shape index (κ2) is 12.6. The fourth-order valence-corrected chi connectivity index (χ4v) is 5.34. The number of hydrogen-bond acceptors (Lipinski definition) is 5. The number of ether oxygens (including phenoxy) is 1. The van der Waals surface area contributed by atoms with E-state index in [9.17, 15) is 27.9 Å². The highest BCUT2D eigenvalue weighted by Crippen LogP contribution is 2.43. The smallest absolute Gasteiger partial charge is 0.307 e. The Balaban J connectivity index is 1.60. The van der Waals surface area contributed by atoms with Gasteiger partial charge < -0.3 is 19.6 Å². The van der Waals surface area contributed by atoms with Crippen LogP contribution in [0.15, 0.2) is 66.7 Å². The molecule has 1 fully saturated rings. The van der Waals surface area contributed by atoms with E-state index < -0.39 is 47.3 Å². The van der Waals surface area contributed by atoms with Crippen molar-refractivity contribution in [2.75, 3.05) is 33.7 Å². The Morgan fingerprint density at radius 2 is 1.73 bits per heavy atom. The van der Waals surface area contributed by atoms with Gasteiger partial charge in [-0.1, -0.05) is 42.5 Å². The second-order valence-electron chi connectivity index (χ2n) is 10.5. The summed E-state index contributed by atoms with van der Waals surface area (Å²) in [5.41, 5.74) is 0.248. The third kappa shape index (κ3) is 6.83. The van der Waals surface area contributed by atoms with Crippen LogP contribution in [0.3, 0.4) is 0 Å². The quantitative estimate of drug-likeness (QED) is 0.303. The molecule has 3 aromatic rings. The summed E-state index contributed by atoms with van der Waals surface area (Å²) in [7, 11) is 3.73. The maximum absolute atomic E-state index is 14.3. The molecule has 1 N–H and O–H groups in total. The number of phenolic OH excluding ortho intramolecular Hbond substituents is 1. The molecule has 0 radical (unpaired) electrons. The highest BCUT2D eigenvalue weighted by molar-refractivity contribution is 5.79. The Labute approximate surface area is 232 Å². The number of phenols is 1. The molecule has 4 rings (SSSR count). The summed E-state index contributed by atoms with van der Waals surface area (Å²) in [6, 6.07) is 17.3. The monoisotopic (exact) mass is 554 g/mol. The fourth-order valence-electron chi connectivity index (χ4n) is 5.34. The minimum Gasteiger partial charge on any atom is -0.508 e. The molecule has 0 aromatic heterocycles. The van der Waals surface area contributed by atoms with Gasteiger partial charge in [-0.15, -0.1) is 0 Å². The molecule has 40 heavy (non-hydrogen) atoms. The lowest BCUT2D eigenvalue weighted by molar-refractivity contribution is -0.179. The van der Waals surface area contributed by atoms with Crippen LogP contribution in [0.1, 0.15) is 29.5 Å². The van der Waals surface area contributed by atoms with Crippen molar-refractivity contribution in [1.29, 1.82) is 0 Å². The zero-order valence-electron chi connectivity index (χ0n) is 22.6. The summed E-state index contributed by atoms with van der Waals surface area (Å²) in [4.78, 5) is 29.9. The maximum atomic E-state index is 14.3. The Morgan fingerprint density at radius 1 is 1.00 bits per heavy atom. The Bertz CT molecular complexity index is 1350. The van der Waals surface area contributed by atoms with Crippen LogP contribution in [0.5, 0.6) is 5.75 Å². The van der Waals surface area contributed by atoms with Gasteiger partial charge in [0.15, 0.2) is 11.6 Å².